The second-order valence-electron chi connectivity index (χ2n) is 6.70. The fraction of sp³-hybridized carbons (Fsp3) is 0.316. The number of sulfonamides is 1. The van der Waals surface area contributed by atoms with Crippen LogP contribution in [-0.2, 0) is 23.2 Å². The third kappa shape index (κ3) is 4.25. The van der Waals surface area contributed by atoms with Gasteiger partial charge >= 0.3 is 0 Å². The van der Waals surface area contributed by atoms with Gasteiger partial charge in [-0.05, 0) is 49.1 Å². The molecule has 0 N–H and O–H groups in total. The van der Waals surface area contributed by atoms with Crippen LogP contribution < -0.4 is 0 Å². The molecule has 1 heterocycles. The highest BCUT2D eigenvalue weighted by atomic mass is 32.2. The number of benzene rings is 2. The van der Waals surface area contributed by atoms with Crippen LogP contribution in [0.4, 0.5) is 8.78 Å². The van der Waals surface area contributed by atoms with Crippen molar-refractivity contribution in [2.24, 2.45) is 0 Å². The molecule has 0 aliphatic carbocycles. The Bertz CT molecular complexity index is 1180. The number of hydrogen-bond acceptors (Lipinski definition) is 5. The second-order valence-corrected chi connectivity index (χ2v) is 9.20. The molecule has 0 aliphatic rings. The molecule has 0 fully saturated rings. The van der Waals surface area contributed by atoms with E-state index in [1.807, 2.05) is 6.92 Å². The van der Waals surface area contributed by atoms with Crippen LogP contribution in [-0.4, -0.2) is 42.8 Å². The van der Waals surface area contributed by atoms with E-state index in [-0.39, 0.29) is 28.5 Å². The van der Waals surface area contributed by atoms with Crippen molar-refractivity contribution in [3.63, 3.8) is 0 Å². The fourth-order valence-electron chi connectivity index (χ4n) is 2.92. The summed E-state index contributed by atoms with van der Waals surface area (Å²) in [4.78, 5) is 2.02. The third-order valence-electron chi connectivity index (χ3n) is 4.65. The van der Waals surface area contributed by atoms with Gasteiger partial charge in [0.1, 0.15) is 11.6 Å². The minimum Gasteiger partial charge on any atom is -0.429 e. The van der Waals surface area contributed by atoms with Gasteiger partial charge < -0.3 is 4.42 Å². The van der Waals surface area contributed by atoms with Crippen molar-refractivity contribution in [2.45, 2.75) is 25.0 Å². The second kappa shape index (κ2) is 8.31. The zero-order valence-electron chi connectivity index (χ0n) is 16.2. The highest BCUT2D eigenvalue weighted by Crippen LogP contribution is 2.24. The molecule has 6 nitrogen and oxygen atoms in total. The average molecular weight is 442 g/mol. The summed E-state index contributed by atoms with van der Waals surface area (Å²) in [6.45, 7) is 2.55. The highest BCUT2D eigenvalue weighted by Gasteiger charge is 2.20. The maximum Gasteiger partial charge on any atom is 0.270 e. The third-order valence-corrected chi connectivity index (χ3v) is 6.76. The SMILES string of the molecule is CCN(Cc1c(F)cccc1F)Cn1c(=S)oc2ccc(S(=O)(=O)N(C)C)cc21. The molecule has 0 saturated carbocycles. The Hall–Kier alpha value is -2.14. The van der Waals surface area contributed by atoms with Gasteiger partial charge in [0.2, 0.25) is 10.0 Å². The van der Waals surface area contributed by atoms with E-state index in [2.05, 4.69) is 0 Å². The lowest BCUT2D eigenvalue weighted by Gasteiger charge is -2.21. The van der Waals surface area contributed by atoms with Crippen LogP contribution in [0.2, 0.25) is 0 Å². The fourth-order valence-corrected chi connectivity index (χ4v) is 4.08. The summed E-state index contributed by atoms with van der Waals surface area (Å²) in [6, 6.07) is 8.23. The Morgan fingerprint density at radius 1 is 1.14 bits per heavy atom. The highest BCUT2D eigenvalue weighted by molar-refractivity contribution is 7.89. The first kappa shape index (κ1) is 21.6. The molecule has 0 spiro atoms. The van der Waals surface area contributed by atoms with Gasteiger partial charge in [-0.3, -0.25) is 9.47 Å². The van der Waals surface area contributed by atoms with Gasteiger partial charge in [0.05, 0.1) is 17.1 Å². The van der Waals surface area contributed by atoms with Crippen molar-refractivity contribution in [3.05, 3.63) is 58.4 Å². The number of aromatic nitrogens is 1. The number of nitrogens with zero attached hydrogens (tertiary/aromatic N) is 3. The maximum absolute atomic E-state index is 14.0. The lowest BCUT2D eigenvalue weighted by atomic mass is 10.2. The summed E-state index contributed by atoms with van der Waals surface area (Å²) < 4.78 is 61.3. The van der Waals surface area contributed by atoms with E-state index in [0.29, 0.717) is 17.6 Å². The lowest BCUT2D eigenvalue weighted by Crippen LogP contribution is -2.27. The van der Waals surface area contributed by atoms with Crippen molar-refractivity contribution >= 4 is 33.3 Å². The topological polar surface area (TPSA) is 58.7 Å². The van der Waals surface area contributed by atoms with E-state index >= 15 is 0 Å². The van der Waals surface area contributed by atoms with E-state index < -0.39 is 21.7 Å². The van der Waals surface area contributed by atoms with Gasteiger partial charge in [0.15, 0.2) is 5.58 Å². The van der Waals surface area contributed by atoms with Crippen LogP contribution in [0.15, 0.2) is 45.7 Å². The molecule has 1 aromatic heterocycles. The Kier molecular flexibility index (Phi) is 6.18. The smallest absolute Gasteiger partial charge is 0.270 e. The molecule has 3 aromatic rings. The summed E-state index contributed by atoms with van der Waals surface area (Å²) in [5, 5.41) is 0. The van der Waals surface area contributed by atoms with Gasteiger partial charge in [0, 0.05) is 26.2 Å². The Labute approximate surface area is 173 Å². The molecular formula is C19H21F2N3O3S2. The Morgan fingerprint density at radius 3 is 2.38 bits per heavy atom. The minimum absolute atomic E-state index is 0.0269. The van der Waals surface area contributed by atoms with Crippen LogP contribution in [0.5, 0.6) is 0 Å². The molecule has 0 amide bonds. The molecule has 0 radical (unpaired) electrons. The van der Waals surface area contributed by atoms with Crippen molar-refractivity contribution < 1.29 is 21.6 Å². The van der Waals surface area contributed by atoms with Crippen molar-refractivity contribution in [3.8, 4) is 0 Å². The molecule has 0 bridgehead atoms. The van der Waals surface area contributed by atoms with E-state index in [4.69, 9.17) is 16.6 Å². The molecule has 29 heavy (non-hydrogen) atoms. The van der Waals surface area contributed by atoms with E-state index in [9.17, 15) is 17.2 Å². The van der Waals surface area contributed by atoms with Crippen LogP contribution in [0.3, 0.4) is 0 Å². The van der Waals surface area contributed by atoms with E-state index in [0.717, 1.165) is 4.31 Å². The lowest BCUT2D eigenvalue weighted by molar-refractivity contribution is 0.213. The van der Waals surface area contributed by atoms with Crippen LogP contribution in [0.1, 0.15) is 12.5 Å². The quantitative estimate of drug-likeness (QED) is 0.519. The van der Waals surface area contributed by atoms with Crippen molar-refractivity contribution in [1.82, 2.24) is 13.8 Å². The zero-order chi connectivity index (χ0) is 21.3. The van der Waals surface area contributed by atoms with Crippen LogP contribution in [0.25, 0.3) is 11.1 Å². The van der Waals surface area contributed by atoms with E-state index in [1.54, 1.807) is 15.5 Å². The molecule has 0 aliphatic heterocycles. The molecule has 156 valence electrons. The van der Waals surface area contributed by atoms with Crippen LogP contribution in [0, 0.1) is 16.5 Å². The maximum atomic E-state index is 14.0. The van der Waals surface area contributed by atoms with Gasteiger partial charge in [-0.25, -0.2) is 21.5 Å². The molecule has 0 atom stereocenters. The molecular weight excluding hydrogens is 420 g/mol. The van der Waals surface area contributed by atoms with E-state index in [1.165, 1.54) is 44.4 Å². The first-order chi connectivity index (χ1) is 13.6. The first-order valence-corrected chi connectivity index (χ1v) is 10.7. The average Bonchev–Trinajstić information content (AvgIpc) is 2.98. The summed E-state index contributed by atoms with van der Waals surface area (Å²) >= 11 is 5.29. The van der Waals surface area contributed by atoms with Gasteiger partial charge in [-0.15, -0.1) is 0 Å². The summed E-state index contributed by atoms with van der Waals surface area (Å²) in [5.41, 5.74) is 0.885. The number of oxazole rings is 1. The molecule has 10 heteroatoms. The van der Waals surface area contributed by atoms with Crippen molar-refractivity contribution in [1.29, 1.82) is 0 Å². The molecule has 3 rings (SSSR count). The number of hydrogen-bond donors (Lipinski definition) is 0. The number of halogens is 2. The van der Waals surface area contributed by atoms with Crippen molar-refractivity contribution in [2.75, 3.05) is 20.6 Å². The predicted octanol–water partition coefficient (Wildman–Crippen LogP) is 3.97. The molecule has 2 aromatic carbocycles. The van der Waals surface area contributed by atoms with Gasteiger partial charge in [0.25, 0.3) is 4.84 Å². The summed E-state index contributed by atoms with van der Waals surface area (Å²) in [5.74, 6) is -1.24. The normalized spacial score (nSPS) is 12.4. The molecule has 0 unspecified atom stereocenters. The summed E-state index contributed by atoms with van der Waals surface area (Å²) in [6.07, 6.45) is 0. The number of fused-ring (bicyclic) bond motifs is 1. The first-order valence-electron chi connectivity index (χ1n) is 8.86. The standard InChI is InChI=1S/C19H21F2N3O3S2/c1-4-23(11-14-15(20)6-5-7-16(14)21)12-24-17-10-13(29(25,26)22(2)3)8-9-18(17)27-19(24)28/h5-10H,4,11-12H2,1-3H3. The van der Waals surface area contributed by atoms with Gasteiger partial charge in [-0.1, -0.05) is 13.0 Å². The Morgan fingerprint density at radius 2 is 1.79 bits per heavy atom. The largest absolute Gasteiger partial charge is 0.429 e. The van der Waals surface area contributed by atoms with Gasteiger partial charge in [-0.2, -0.15) is 0 Å². The monoisotopic (exact) mass is 441 g/mol. The predicted molar refractivity (Wildman–Crippen MR) is 108 cm³/mol. The van der Waals surface area contributed by atoms with Crippen LogP contribution >= 0.6 is 12.2 Å². The zero-order valence-corrected chi connectivity index (χ0v) is 17.9. The Balaban J connectivity index is 2.00. The summed E-state index contributed by atoms with van der Waals surface area (Å²) in [7, 11) is -0.743. The minimum atomic E-state index is -3.64. The molecule has 0 saturated heterocycles. The number of rotatable bonds is 7.